The second-order valence-electron chi connectivity index (χ2n) is 6.81. The summed E-state index contributed by atoms with van der Waals surface area (Å²) in [5.41, 5.74) is 11.1. The molecule has 2 fully saturated rings. The van der Waals surface area contributed by atoms with E-state index in [1.54, 1.807) is 0 Å². The fourth-order valence-electron chi connectivity index (χ4n) is 3.94. The molecule has 0 spiro atoms. The van der Waals surface area contributed by atoms with Gasteiger partial charge in [0.2, 0.25) is 0 Å². The Kier molecular flexibility index (Phi) is 8.95. The minimum atomic E-state index is -0.117. The van der Waals surface area contributed by atoms with E-state index in [0.717, 1.165) is 38.5 Å². The molecule has 6 atom stereocenters. The van der Waals surface area contributed by atoms with Crippen LogP contribution in [0.25, 0.3) is 0 Å². The zero-order valence-corrected chi connectivity index (χ0v) is 13.7. The van der Waals surface area contributed by atoms with Crippen molar-refractivity contribution in [2.75, 3.05) is 13.1 Å². The van der Waals surface area contributed by atoms with Crippen LogP contribution in [0.5, 0.6) is 0 Å². The average Bonchev–Trinajstić information content (AvgIpc) is 3.02. The first-order valence-corrected chi connectivity index (χ1v) is 8.53. The zero-order chi connectivity index (χ0) is 16.5. The molecule has 0 aliphatic heterocycles. The van der Waals surface area contributed by atoms with Crippen LogP contribution in [0.2, 0.25) is 0 Å². The van der Waals surface area contributed by atoms with E-state index in [0.29, 0.717) is 36.8 Å². The highest BCUT2D eigenvalue weighted by Gasteiger charge is 2.31. The summed E-state index contributed by atoms with van der Waals surface area (Å²) in [5, 5.41) is 18.7. The lowest BCUT2D eigenvalue weighted by Gasteiger charge is -2.14. The summed E-state index contributed by atoms with van der Waals surface area (Å²) < 4.78 is 0. The minimum Gasteiger partial charge on any atom is -0.393 e. The number of nitrogens with two attached hydrogens (primary N) is 2. The molecule has 0 aromatic carbocycles. The monoisotopic (exact) mass is 310 g/mol. The second-order valence-corrected chi connectivity index (χ2v) is 6.81. The number of aliphatic hydroxyl groups is 2. The van der Waals surface area contributed by atoms with Gasteiger partial charge in [0.1, 0.15) is 0 Å². The number of hydrogen-bond donors (Lipinski definition) is 4. The normalized spacial score (nSPS) is 37.5. The van der Waals surface area contributed by atoms with Gasteiger partial charge in [0.05, 0.1) is 12.2 Å². The van der Waals surface area contributed by atoms with Crippen molar-refractivity contribution in [2.45, 2.75) is 50.7 Å². The lowest BCUT2D eigenvalue weighted by molar-refractivity contribution is 0.175. The molecule has 6 N–H and O–H groups in total. The SMILES string of the molecule is C=CC[C@@H]1C[C@@H](O)C[C@H]1CN.C=CC[C@H]1C[C@H](O)C[C@@H]1CN. The first kappa shape index (κ1) is 19.4. The molecule has 4 nitrogen and oxygen atoms in total. The Bertz CT molecular complexity index is 303. The fourth-order valence-corrected chi connectivity index (χ4v) is 3.94. The van der Waals surface area contributed by atoms with Crippen molar-refractivity contribution in [1.82, 2.24) is 0 Å². The van der Waals surface area contributed by atoms with Crippen LogP contribution in [-0.4, -0.2) is 35.5 Å². The Labute approximate surface area is 135 Å². The summed E-state index contributed by atoms with van der Waals surface area (Å²) in [7, 11) is 0. The molecule has 0 radical (unpaired) electrons. The molecule has 0 aromatic rings. The third-order valence-electron chi connectivity index (χ3n) is 5.18. The van der Waals surface area contributed by atoms with Gasteiger partial charge < -0.3 is 21.7 Å². The molecule has 2 aliphatic carbocycles. The molecule has 0 heterocycles. The van der Waals surface area contributed by atoms with Gasteiger partial charge in [-0.15, -0.1) is 13.2 Å². The van der Waals surface area contributed by atoms with Gasteiger partial charge >= 0.3 is 0 Å². The van der Waals surface area contributed by atoms with Crippen molar-refractivity contribution in [3.05, 3.63) is 25.3 Å². The second kappa shape index (κ2) is 10.2. The summed E-state index contributed by atoms with van der Waals surface area (Å²) in [6.07, 6.45) is 9.20. The average molecular weight is 310 g/mol. The van der Waals surface area contributed by atoms with Gasteiger partial charge in [0, 0.05) is 0 Å². The molecule has 2 aliphatic rings. The van der Waals surface area contributed by atoms with Gasteiger partial charge in [-0.25, -0.2) is 0 Å². The third kappa shape index (κ3) is 5.84. The Morgan fingerprint density at radius 1 is 0.727 bits per heavy atom. The first-order valence-electron chi connectivity index (χ1n) is 8.53. The molecular formula is C18H34N2O2. The van der Waals surface area contributed by atoms with E-state index in [1.165, 1.54) is 0 Å². The number of hydrogen-bond acceptors (Lipinski definition) is 4. The molecule has 0 amide bonds. The molecule has 2 saturated carbocycles. The molecule has 0 aromatic heterocycles. The van der Waals surface area contributed by atoms with E-state index in [4.69, 9.17) is 11.5 Å². The topological polar surface area (TPSA) is 92.5 Å². The van der Waals surface area contributed by atoms with E-state index in [-0.39, 0.29) is 12.2 Å². The highest BCUT2D eigenvalue weighted by molar-refractivity contribution is 4.88. The molecule has 128 valence electrons. The molecule has 22 heavy (non-hydrogen) atoms. The predicted octanol–water partition coefficient (Wildman–Crippen LogP) is 1.82. The molecule has 0 bridgehead atoms. The lowest BCUT2D eigenvalue weighted by atomic mass is 9.93. The Hall–Kier alpha value is -0.680. The van der Waals surface area contributed by atoms with Crippen LogP contribution in [0.3, 0.4) is 0 Å². The van der Waals surface area contributed by atoms with Crippen LogP contribution in [0, 0.1) is 23.7 Å². The summed E-state index contributed by atoms with van der Waals surface area (Å²) >= 11 is 0. The standard InChI is InChI=1S/2C9H17NO/c2*1-2-3-7-4-9(11)5-8(7)6-10/h2*2,7-9,11H,1,3-6,10H2/t2*7-,8+,9-/m10/s1. The number of rotatable bonds is 6. The summed E-state index contributed by atoms with van der Waals surface area (Å²) in [4.78, 5) is 0. The molecule has 2 rings (SSSR count). The van der Waals surface area contributed by atoms with E-state index >= 15 is 0 Å². The summed E-state index contributed by atoms with van der Waals surface area (Å²) in [5.74, 6) is 2.19. The molecular weight excluding hydrogens is 276 g/mol. The fraction of sp³-hybridized carbons (Fsp3) is 0.778. The summed E-state index contributed by atoms with van der Waals surface area (Å²) in [6.45, 7) is 8.80. The van der Waals surface area contributed by atoms with Crippen molar-refractivity contribution < 1.29 is 10.2 Å². The molecule has 4 heteroatoms. The van der Waals surface area contributed by atoms with Crippen molar-refractivity contribution in [2.24, 2.45) is 35.1 Å². The van der Waals surface area contributed by atoms with E-state index < -0.39 is 0 Å². The third-order valence-corrected chi connectivity index (χ3v) is 5.18. The van der Waals surface area contributed by atoms with Gasteiger partial charge in [0.15, 0.2) is 0 Å². The van der Waals surface area contributed by atoms with E-state index in [2.05, 4.69) is 13.2 Å². The van der Waals surface area contributed by atoms with E-state index in [9.17, 15) is 10.2 Å². The van der Waals surface area contributed by atoms with Crippen molar-refractivity contribution in [3.8, 4) is 0 Å². The van der Waals surface area contributed by atoms with Crippen molar-refractivity contribution in [1.29, 1.82) is 0 Å². The maximum Gasteiger partial charge on any atom is 0.0546 e. The van der Waals surface area contributed by atoms with Gasteiger partial charge in [0.25, 0.3) is 0 Å². The van der Waals surface area contributed by atoms with Gasteiger partial charge in [-0.3, -0.25) is 0 Å². The van der Waals surface area contributed by atoms with Crippen molar-refractivity contribution >= 4 is 0 Å². The number of allylic oxidation sites excluding steroid dienone is 2. The smallest absolute Gasteiger partial charge is 0.0546 e. The first-order chi connectivity index (χ1) is 10.5. The van der Waals surface area contributed by atoms with Crippen LogP contribution in [-0.2, 0) is 0 Å². The largest absolute Gasteiger partial charge is 0.393 e. The van der Waals surface area contributed by atoms with Crippen molar-refractivity contribution in [3.63, 3.8) is 0 Å². The maximum atomic E-state index is 9.34. The van der Waals surface area contributed by atoms with Gasteiger partial charge in [-0.05, 0) is 75.3 Å². The van der Waals surface area contributed by atoms with E-state index in [1.807, 2.05) is 12.2 Å². The number of aliphatic hydroxyl groups excluding tert-OH is 2. The molecule has 0 unspecified atom stereocenters. The van der Waals surface area contributed by atoms with Crippen LogP contribution >= 0.6 is 0 Å². The lowest BCUT2D eigenvalue weighted by Crippen LogP contribution is -2.18. The van der Waals surface area contributed by atoms with Gasteiger partial charge in [-0.1, -0.05) is 12.2 Å². The predicted molar refractivity (Wildman–Crippen MR) is 92.2 cm³/mol. The van der Waals surface area contributed by atoms with Crippen LogP contribution in [0.1, 0.15) is 38.5 Å². The Morgan fingerprint density at radius 3 is 1.32 bits per heavy atom. The Morgan fingerprint density at radius 2 is 1.05 bits per heavy atom. The summed E-state index contributed by atoms with van der Waals surface area (Å²) in [6, 6.07) is 0. The maximum absolute atomic E-state index is 9.34. The molecule has 0 saturated heterocycles. The quantitative estimate of drug-likeness (QED) is 0.563. The highest BCUT2D eigenvalue weighted by Crippen LogP contribution is 2.34. The Balaban J connectivity index is 0.000000220. The van der Waals surface area contributed by atoms with Crippen LogP contribution in [0.15, 0.2) is 25.3 Å². The van der Waals surface area contributed by atoms with Gasteiger partial charge in [-0.2, -0.15) is 0 Å². The highest BCUT2D eigenvalue weighted by atomic mass is 16.3. The zero-order valence-electron chi connectivity index (χ0n) is 13.7. The minimum absolute atomic E-state index is 0.117. The van der Waals surface area contributed by atoms with Crippen LogP contribution < -0.4 is 11.5 Å². The van der Waals surface area contributed by atoms with Crippen LogP contribution in [0.4, 0.5) is 0 Å².